The summed E-state index contributed by atoms with van der Waals surface area (Å²) in [5, 5.41) is 0. The fourth-order valence-corrected chi connectivity index (χ4v) is 5.09. The van der Waals surface area contributed by atoms with Crippen LogP contribution in [0, 0.1) is 0 Å². The fraction of sp³-hybridized carbons (Fsp3) is 0.538. The maximum absolute atomic E-state index is 6.22. The molecule has 1 heterocycles. The molecule has 5 heteroatoms. The molecule has 1 unspecified atom stereocenters. The van der Waals surface area contributed by atoms with Crippen LogP contribution in [-0.2, 0) is 12.8 Å². The molecule has 1 atom stereocenters. The van der Waals surface area contributed by atoms with Gasteiger partial charge in [-0.05, 0) is 62.6 Å². The zero-order valence-electron chi connectivity index (χ0n) is 20.2. The van der Waals surface area contributed by atoms with Gasteiger partial charge in [-0.3, -0.25) is 0 Å². The molecular formula is C26H36NO4+. The van der Waals surface area contributed by atoms with Crippen molar-refractivity contribution in [3.63, 3.8) is 0 Å². The third-order valence-corrected chi connectivity index (χ3v) is 6.51. The third kappa shape index (κ3) is 3.73. The van der Waals surface area contributed by atoms with Gasteiger partial charge < -0.3 is 23.4 Å². The number of methoxy groups -OCH3 is 2. The van der Waals surface area contributed by atoms with Crippen LogP contribution >= 0.6 is 0 Å². The van der Waals surface area contributed by atoms with Gasteiger partial charge in [0.25, 0.3) is 0 Å². The number of rotatable bonds is 6. The summed E-state index contributed by atoms with van der Waals surface area (Å²) in [4.78, 5) is 0. The van der Waals surface area contributed by atoms with Crippen molar-refractivity contribution in [2.45, 2.75) is 58.8 Å². The van der Waals surface area contributed by atoms with Crippen LogP contribution in [0.4, 0.5) is 0 Å². The van der Waals surface area contributed by atoms with E-state index in [1.165, 1.54) is 16.7 Å². The smallest absolute Gasteiger partial charge is 0.169 e. The second kappa shape index (κ2) is 7.94. The molecule has 5 nitrogen and oxygen atoms in total. The normalized spacial score (nSPS) is 18.5. The molecule has 0 aromatic heterocycles. The van der Waals surface area contributed by atoms with E-state index in [1.807, 2.05) is 13.8 Å². The predicted molar refractivity (Wildman–Crippen MR) is 124 cm³/mol. The van der Waals surface area contributed by atoms with Crippen LogP contribution < -0.4 is 18.9 Å². The minimum Gasteiger partial charge on any atom is -0.493 e. The van der Waals surface area contributed by atoms with Crippen LogP contribution in [0.5, 0.6) is 23.0 Å². The van der Waals surface area contributed by atoms with Crippen molar-refractivity contribution >= 4 is 0 Å². The van der Waals surface area contributed by atoms with Gasteiger partial charge in [0.2, 0.25) is 0 Å². The predicted octanol–water partition coefficient (Wildman–Crippen LogP) is 5.17. The SMILES string of the molecule is COc1cc2c(cc1OC(C)C)CC1c3c(cc(OC(C)C)c(OC)c3-2)CC[N+]1(C)C. The average molecular weight is 427 g/mol. The minimum atomic E-state index is 0.0742. The summed E-state index contributed by atoms with van der Waals surface area (Å²) in [6, 6.07) is 6.87. The second-order valence-electron chi connectivity index (χ2n) is 9.82. The van der Waals surface area contributed by atoms with Crippen LogP contribution in [0.2, 0.25) is 0 Å². The van der Waals surface area contributed by atoms with E-state index >= 15 is 0 Å². The van der Waals surface area contributed by atoms with E-state index in [-0.39, 0.29) is 12.2 Å². The molecule has 0 spiro atoms. The first-order valence-corrected chi connectivity index (χ1v) is 11.3. The maximum Gasteiger partial charge on any atom is 0.169 e. The Hall–Kier alpha value is -2.40. The van der Waals surface area contributed by atoms with Crippen LogP contribution in [0.1, 0.15) is 50.4 Å². The second-order valence-corrected chi connectivity index (χ2v) is 9.82. The van der Waals surface area contributed by atoms with Gasteiger partial charge in [0.15, 0.2) is 23.0 Å². The monoisotopic (exact) mass is 426 g/mol. The molecule has 0 saturated carbocycles. The largest absolute Gasteiger partial charge is 0.493 e. The molecule has 0 N–H and O–H groups in total. The lowest BCUT2D eigenvalue weighted by Crippen LogP contribution is -2.49. The lowest BCUT2D eigenvalue weighted by molar-refractivity contribution is -0.923. The van der Waals surface area contributed by atoms with Crippen LogP contribution in [0.15, 0.2) is 18.2 Å². The first kappa shape index (κ1) is 21.8. The summed E-state index contributed by atoms with van der Waals surface area (Å²) in [6.45, 7) is 9.30. The standard InChI is InChI=1S/C26H36NO4/c1-15(2)30-22-13-18-11-20-24-17(9-10-27(20,5)6)12-23(31-16(3)4)26(29-8)25(24)19(18)14-21(22)28-7/h12-16,20H,9-11H2,1-8H3/q+1. The number of hydrogen-bond donors (Lipinski definition) is 0. The quantitative estimate of drug-likeness (QED) is 0.597. The summed E-state index contributed by atoms with van der Waals surface area (Å²) < 4.78 is 25.0. The minimum absolute atomic E-state index is 0.0742. The zero-order chi connectivity index (χ0) is 22.5. The molecule has 0 fully saturated rings. The van der Waals surface area contributed by atoms with Gasteiger partial charge in [-0.15, -0.1) is 0 Å². The van der Waals surface area contributed by atoms with E-state index in [0.29, 0.717) is 6.04 Å². The molecule has 1 aliphatic heterocycles. The molecule has 31 heavy (non-hydrogen) atoms. The molecule has 1 aliphatic carbocycles. The topological polar surface area (TPSA) is 36.9 Å². The van der Waals surface area contributed by atoms with Gasteiger partial charge in [0.05, 0.1) is 47.1 Å². The Bertz CT molecular complexity index is 994. The molecule has 0 saturated heterocycles. The van der Waals surface area contributed by atoms with Crippen LogP contribution in [0.25, 0.3) is 11.1 Å². The third-order valence-electron chi connectivity index (χ3n) is 6.51. The number of hydrogen-bond acceptors (Lipinski definition) is 4. The molecule has 0 bridgehead atoms. The molecule has 2 aromatic rings. The van der Waals surface area contributed by atoms with Crippen molar-refractivity contribution in [2.24, 2.45) is 0 Å². The zero-order valence-corrected chi connectivity index (χ0v) is 20.2. The summed E-state index contributed by atoms with van der Waals surface area (Å²) >= 11 is 0. The Balaban J connectivity index is 2.02. The number of ether oxygens (including phenoxy) is 4. The molecular weight excluding hydrogens is 390 g/mol. The van der Waals surface area contributed by atoms with Gasteiger partial charge in [-0.1, -0.05) is 0 Å². The summed E-state index contributed by atoms with van der Waals surface area (Å²) in [7, 11) is 8.11. The molecule has 0 amide bonds. The van der Waals surface area contributed by atoms with Gasteiger partial charge >= 0.3 is 0 Å². The van der Waals surface area contributed by atoms with E-state index in [2.05, 4.69) is 46.1 Å². The fourth-order valence-electron chi connectivity index (χ4n) is 5.09. The highest BCUT2D eigenvalue weighted by atomic mass is 16.5. The molecule has 2 aliphatic rings. The van der Waals surface area contributed by atoms with Crippen molar-refractivity contribution < 1.29 is 23.4 Å². The lowest BCUT2D eigenvalue weighted by atomic mass is 9.75. The molecule has 0 radical (unpaired) electrons. The van der Waals surface area contributed by atoms with Crippen molar-refractivity contribution in [3.8, 4) is 34.1 Å². The number of quaternary nitrogens is 1. The van der Waals surface area contributed by atoms with Crippen molar-refractivity contribution in [1.82, 2.24) is 0 Å². The Labute approximate surface area is 186 Å². The van der Waals surface area contributed by atoms with Crippen molar-refractivity contribution in [2.75, 3.05) is 34.9 Å². The Kier molecular flexibility index (Phi) is 5.59. The first-order chi connectivity index (χ1) is 14.7. The van der Waals surface area contributed by atoms with E-state index in [9.17, 15) is 0 Å². The maximum atomic E-state index is 6.22. The van der Waals surface area contributed by atoms with E-state index < -0.39 is 0 Å². The van der Waals surface area contributed by atoms with Crippen molar-refractivity contribution in [1.29, 1.82) is 0 Å². The van der Waals surface area contributed by atoms with Gasteiger partial charge in [-0.2, -0.15) is 0 Å². The number of likely N-dealkylation sites (N-methyl/N-ethyl adjacent to an activating group) is 1. The number of nitrogens with zero attached hydrogens (tertiary/aromatic N) is 1. The number of benzene rings is 2. The highest BCUT2D eigenvalue weighted by Gasteiger charge is 2.43. The highest BCUT2D eigenvalue weighted by Crippen LogP contribution is 2.55. The van der Waals surface area contributed by atoms with Gasteiger partial charge in [0, 0.05) is 24.0 Å². The molecule has 2 aromatic carbocycles. The van der Waals surface area contributed by atoms with Crippen molar-refractivity contribution in [3.05, 3.63) is 34.9 Å². The van der Waals surface area contributed by atoms with E-state index in [1.54, 1.807) is 14.2 Å². The number of fused-ring (bicyclic) bond motifs is 2. The van der Waals surface area contributed by atoms with Gasteiger partial charge in [-0.25, -0.2) is 0 Å². The lowest BCUT2D eigenvalue weighted by Gasteiger charge is -2.46. The van der Waals surface area contributed by atoms with Crippen LogP contribution in [-0.4, -0.2) is 51.6 Å². The summed E-state index contributed by atoms with van der Waals surface area (Å²) in [6.07, 6.45) is 2.15. The summed E-state index contributed by atoms with van der Waals surface area (Å²) in [5.41, 5.74) is 6.36. The highest BCUT2D eigenvalue weighted by molar-refractivity contribution is 5.84. The van der Waals surface area contributed by atoms with Gasteiger partial charge in [0.1, 0.15) is 6.04 Å². The van der Waals surface area contributed by atoms with E-state index in [4.69, 9.17) is 18.9 Å². The van der Waals surface area contributed by atoms with Crippen LogP contribution in [0.3, 0.4) is 0 Å². The van der Waals surface area contributed by atoms with E-state index in [0.717, 1.165) is 58.0 Å². The average Bonchev–Trinajstić information content (AvgIpc) is 2.69. The Morgan fingerprint density at radius 1 is 0.839 bits per heavy atom. The molecule has 168 valence electrons. The Morgan fingerprint density at radius 2 is 1.48 bits per heavy atom. The molecule has 4 rings (SSSR count). The summed E-state index contributed by atoms with van der Waals surface area (Å²) in [5.74, 6) is 3.20. The Morgan fingerprint density at radius 3 is 2.10 bits per heavy atom. The first-order valence-electron chi connectivity index (χ1n) is 11.3.